The van der Waals surface area contributed by atoms with Gasteiger partial charge in [0, 0.05) is 42.3 Å². The first kappa shape index (κ1) is 42.5. The van der Waals surface area contributed by atoms with Gasteiger partial charge in [0.2, 0.25) is 5.91 Å². The largest absolute Gasteiger partial charge is 0.481 e. The van der Waals surface area contributed by atoms with Crippen molar-refractivity contribution in [1.29, 1.82) is 0 Å². The third-order valence-electron chi connectivity index (χ3n) is 10.7. The summed E-state index contributed by atoms with van der Waals surface area (Å²) in [5.74, 6) is -4.30. The Morgan fingerprint density at radius 2 is 1.62 bits per heavy atom. The molecule has 1 aliphatic heterocycles. The first-order valence-corrected chi connectivity index (χ1v) is 18.6. The number of nitrogens with one attached hydrogen (secondary N) is 1. The maximum absolute atomic E-state index is 16.8. The van der Waals surface area contributed by atoms with E-state index in [0.29, 0.717) is 22.8 Å². The summed E-state index contributed by atoms with van der Waals surface area (Å²) in [5.41, 5.74) is -1.05. The van der Waals surface area contributed by atoms with E-state index in [0.717, 1.165) is 16.3 Å². The van der Waals surface area contributed by atoms with Gasteiger partial charge in [0.1, 0.15) is 17.7 Å². The fraction of sp³-hybridized carbons (Fsp3) is 0.500. The summed E-state index contributed by atoms with van der Waals surface area (Å²) in [6.45, 7) is 10.8. The molecule has 7 nitrogen and oxygen atoms in total. The number of halogens is 7. The highest BCUT2D eigenvalue weighted by Gasteiger charge is 2.57. The molecule has 1 aliphatic carbocycles. The van der Waals surface area contributed by atoms with Gasteiger partial charge in [-0.2, -0.15) is 13.2 Å². The topological polar surface area (TPSA) is 91.6 Å². The number of nitrogens with zero attached hydrogens (tertiary/aromatic N) is 2. The second-order valence-corrected chi connectivity index (χ2v) is 15.6. The van der Waals surface area contributed by atoms with Crippen LogP contribution in [-0.2, 0) is 15.8 Å². The first-order valence-electron chi connectivity index (χ1n) is 18.6. The zero-order valence-corrected chi connectivity index (χ0v) is 32.1. The molecule has 14 heteroatoms. The Bertz CT molecular complexity index is 2100. The monoisotopic (exact) mass is 789 g/mol. The average molecular weight is 790 g/mol. The summed E-state index contributed by atoms with van der Waals surface area (Å²) in [7, 11) is 0. The van der Waals surface area contributed by atoms with Gasteiger partial charge in [-0.15, -0.1) is 5.92 Å². The van der Waals surface area contributed by atoms with Gasteiger partial charge in [0.05, 0.1) is 23.6 Å². The average Bonchev–Trinajstić information content (AvgIpc) is 3.69. The van der Waals surface area contributed by atoms with Gasteiger partial charge in [0.15, 0.2) is 0 Å². The molecule has 3 atom stereocenters. The van der Waals surface area contributed by atoms with Crippen LogP contribution in [0.5, 0.6) is 0 Å². The van der Waals surface area contributed by atoms with Crippen molar-refractivity contribution in [2.45, 2.75) is 104 Å². The van der Waals surface area contributed by atoms with Crippen LogP contribution in [0.2, 0.25) is 0 Å². The SMILES string of the molecule is CC#Cc1cc(-c2c(C)cc(C)cc2C)c(F)c([C@@H](CC(=O)O)NC(=O)[C@H](CC(C)C)n2cc(C3CCN(CC4CC4(F)F)CC3)c(C(F)(F)F)cc2=O)c1F. The quantitative estimate of drug-likeness (QED) is 0.141. The zero-order chi connectivity index (χ0) is 41.4. The Morgan fingerprint density at radius 1 is 1.02 bits per heavy atom. The molecule has 2 aromatic carbocycles. The number of hydrogen-bond donors (Lipinski definition) is 2. The summed E-state index contributed by atoms with van der Waals surface area (Å²) in [5, 5.41) is 12.4. The van der Waals surface area contributed by atoms with E-state index in [-0.39, 0.29) is 67.9 Å². The number of likely N-dealkylation sites (tertiary alicyclic amines) is 1. The standard InChI is InChI=1S/C42H46F7N3O4/c1-7-8-27-16-29(36-24(5)14-23(4)15-25(36)6)39(44)37(38(27)43)32(18-35(54)55)50-40(56)33(13-22(2)3)52-21-30(31(17-34(52)53)42(47,48)49)26-9-11-51(12-10-26)20-28-19-41(28,45)46/h14-17,21-22,26,28,32-33H,9-13,18-20H2,1-6H3,(H,50,56)(H,54,55)/t28?,32-,33+/m1/s1. The van der Waals surface area contributed by atoms with Crippen molar-refractivity contribution in [3.63, 3.8) is 0 Å². The lowest BCUT2D eigenvalue weighted by atomic mass is 9.87. The van der Waals surface area contributed by atoms with Crippen LogP contribution >= 0.6 is 0 Å². The van der Waals surface area contributed by atoms with Crippen molar-refractivity contribution in [3.05, 3.63) is 91.4 Å². The number of hydrogen-bond acceptors (Lipinski definition) is 4. The second kappa shape index (κ2) is 16.5. The van der Waals surface area contributed by atoms with Crippen LogP contribution < -0.4 is 10.9 Å². The molecule has 1 unspecified atom stereocenters. The molecule has 1 amide bonds. The van der Waals surface area contributed by atoms with E-state index >= 15 is 8.78 Å². The van der Waals surface area contributed by atoms with Crippen LogP contribution in [0.1, 0.15) is 110 Å². The highest BCUT2D eigenvalue weighted by molar-refractivity contribution is 5.82. The number of pyridine rings is 1. The molecule has 1 saturated carbocycles. The predicted molar refractivity (Wildman–Crippen MR) is 197 cm³/mol. The summed E-state index contributed by atoms with van der Waals surface area (Å²) in [4.78, 5) is 41.8. The van der Waals surface area contributed by atoms with Crippen LogP contribution in [0, 0.1) is 56.1 Å². The predicted octanol–water partition coefficient (Wildman–Crippen LogP) is 8.86. The van der Waals surface area contributed by atoms with Crippen LogP contribution in [0.4, 0.5) is 30.7 Å². The van der Waals surface area contributed by atoms with Crippen molar-refractivity contribution in [2.75, 3.05) is 19.6 Å². The van der Waals surface area contributed by atoms with E-state index < -0.39 is 82.6 Å². The summed E-state index contributed by atoms with van der Waals surface area (Å²) < 4.78 is 104. The number of carboxylic acids is 1. The van der Waals surface area contributed by atoms with Crippen molar-refractivity contribution in [1.82, 2.24) is 14.8 Å². The number of rotatable bonds is 12. The van der Waals surface area contributed by atoms with E-state index in [9.17, 15) is 41.4 Å². The van der Waals surface area contributed by atoms with E-state index in [2.05, 4.69) is 17.2 Å². The number of benzene rings is 2. The number of alkyl halides is 5. The third kappa shape index (κ3) is 9.31. The van der Waals surface area contributed by atoms with Crippen molar-refractivity contribution in [2.24, 2.45) is 11.8 Å². The Hall–Kier alpha value is -4.64. The van der Waals surface area contributed by atoms with E-state index in [1.807, 2.05) is 6.92 Å². The molecule has 0 bridgehead atoms. The second-order valence-electron chi connectivity index (χ2n) is 15.6. The Kier molecular flexibility index (Phi) is 12.5. The van der Waals surface area contributed by atoms with Crippen LogP contribution in [0.3, 0.4) is 0 Å². The lowest BCUT2D eigenvalue weighted by Gasteiger charge is -2.34. The lowest BCUT2D eigenvalue weighted by molar-refractivity contribution is -0.139. The lowest BCUT2D eigenvalue weighted by Crippen LogP contribution is -2.41. The molecule has 2 fully saturated rings. The van der Waals surface area contributed by atoms with Gasteiger partial charge >= 0.3 is 12.1 Å². The van der Waals surface area contributed by atoms with Gasteiger partial charge in [-0.05, 0) is 100 Å². The van der Waals surface area contributed by atoms with Crippen LogP contribution in [0.15, 0.2) is 35.3 Å². The molecule has 3 aromatic rings. The molecule has 56 heavy (non-hydrogen) atoms. The molecule has 1 aromatic heterocycles. The highest BCUT2D eigenvalue weighted by Crippen LogP contribution is 2.49. The molecule has 2 heterocycles. The minimum absolute atomic E-state index is 0.0713. The number of aryl methyl sites for hydroxylation is 3. The van der Waals surface area contributed by atoms with Crippen molar-refractivity contribution in [3.8, 4) is 23.0 Å². The number of carbonyl (C=O) groups is 2. The number of carboxylic acid groups (broad SMARTS) is 1. The number of aromatic nitrogens is 1. The Morgan fingerprint density at radius 3 is 2.14 bits per heavy atom. The van der Waals surface area contributed by atoms with Gasteiger partial charge in [-0.3, -0.25) is 14.4 Å². The molecule has 0 radical (unpaired) electrons. The maximum atomic E-state index is 16.8. The minimum Gasteiger partial charge on any atom is -0.481 e. The van der Waals surface area contributed by atoms with Gasteiger partial charge in [-0.1, -0.05) is 37.5 Å². The van der Waals surface area contributed by atoms with E-state index in [1.165, 1.54) is 13.0 Å². The number of carbonyl (C=O) groups excluding carboxylic acids is 1. The molecule has 5 rings (SSSR count). The van der Waals surface area contributed by atoms with Crippen LogP contribution in [0.25, 0.3) is 11.1 Å². The Balaban J connectivity index is 1.57. The number of piperidine rings is 1. The van der Waals surface area contributed by atoms with Crippen molar-refractivity contribution >= 4 is 11.9 Å². The van der Waals surface area contributed by atoms with Crippen LogP contribution in [-0.4, -0.2) is 52.0 Å². The smallest absolute Gasteiger partial charge is 0.416 e. The number of amides is 1. The summed E-state index contributed by atoms with van der Waals surface area (Å²) >= 11 is 0. The molecule has 2 N–H and O–H groups in total. The zero-order valence-electron chi connectivity index (χ0n) is 32.1. The first-order chi connectivity index (χ1) is 26.1. The van der Waals surface area contributed by atoms with Gasteiger partial charge in [-0.25, -0.2) is 17.6 Å². The highest BCUT2D eigenvalue weighted by atomic mass is 19.4. The molecular weight excluding hydrogens is 743 g/mol. The molecule has 2 aliphatic rings. The maximum Gasteiger partial charge on any atom is 0.416 e. The fourth-order valence-electron chi connectivity index (χ4n) is 8.02. The Labute approximate surface area is 321 Å². The summed E-state index contributed by atoms with van der Waals surface area (Å²) in [6.07, 6.45) is -4.90. The van der Waals surface area contributed by atoms with Gasteiger partial charge < -0.3 is 19.9 Å². The fourth-order valence-corrected chi connectivity index (χ4v) is 8.02. The van der Waals surface area contributed by atoms with E-state index in [4.69, 9.17) is 0 Å². The molecule has 1 saturated heterocycles. The molecular formula is C42H46F7N3O4. The van der Waals surface area contributed by atoms with Crippen molar-refractivity contribution < 1.29 is 45.4 Å². The number of aliphatic carboxylic acids is 1. The normalized spacial score (nSPS) is 18.3. The van der Waals surface area contributed by atoms with E-state index in [1.54, 1.807) is 44.7 Å². The summed E-state index contributed by atoms with van der Waals surface area (Å²) in [6, 6.07) is 1.92. The van der Waals surface area contributed by atoms with Gasteiger partial charge in [0.25, 0.3) is 11.5 Å². The minimum atomic E-state index is -4.93. The third-order valence-corrected chi connectivity index (χ3v) is 10.7. The molecule has 302 valence electrons. The molecule has 0 spiro atoms.